The highest BCUT2D eigenvalue weighted by Gasteiger charge is 2.34. The summed E-state index contributed by atoms with van der Waals surface area (Å²) in [4.78, 5) is 11.2. The Morgan fingerprint density at radius 1 is 1.23 bits per heavy atom. The highest BCUT2D eigenvalue weighted by Crippen LogP contribution is 2.40. The smallest absolute Gasteiger partial charge is 0.416 e. The van der Waals surface area contributed by atoms with Gasteiger partial charge in [0.05, 0.1) is 44.2 Å². The third-order valence-corrected chi connectivity index (χ3v) is 6.54. The Kier molecular flexibility index (Phi) is 6.08. The molecular formula is C25H27F3N4O3. The molecule has 1 saturated heterocycles. The molecule has 0 aromatic heterocycles. The SMILES string of the molecule is COc1cc2c(cc1O[C@H]1CCOC1)C(N[C@H](C)c1cccc(C(F)(F)F)c1C)=NC1=NCCN12. The number of rotatable bonds is 5. The molecule has 1 N–H and O–H groups in total. The van der Waals surface area contributed by atoms with E-state index in [1.165, 1.54) is 13.0 Å². The van der Waals surface area contributed by atoms with Gasteiger partial charge in [0.2, 0.25) is 5.96 Å². The van der Waals surface area contributed by atoms with E-state index < -0.39 is 17.8 Å². The van der Waals surface area contributed by atoms with E-state index in [1.54, 1.807) is 13.2 Å². The maximum atomic E-state index is 13.5. The van der Waals surface area contributed by atoms with E-state index in [1.807, 2.05) is 24.0 Å². The molecule has 0 spiro atoms. The standard InChI is InChI=1S/C25H27F3N4O3/c1-14-17(5-4-6-19(14)25(26,27)28)15(2)30-23-18-11-22(35-16-7-10-34-13-16)21(33-3)12-20(18)32-9-8-29-24(32)31-23/h4-6,11-12,15-16H,7-10,13H2,1-3H3,(H,29,30,31)/t15-,16+/m1/s1. The van der Waals surface area contributed by atoms with E-state index in [-0.39, 0.29) is 11.7 Å². The molecule has 0 aliphatic carbocycles. The van der Waals surface area contributed by atoms with Crippen LogP contribution in [0.2, 0.25) is 0 Å². The van der Waals surface area contributed by atoms with Gasteiger partial charge in [0, 0.05) is 24.6 Å². The molecule has 3 aliphatic rings. The number of amidine groups is 1. The number of benzene rings is 2. The second-order valence-corrected chi connectivity index (χ2v) is 8.80. The number of ether oxygens (including phenoxy) is 3. The Balaban J connectivity index is 1.51. The minimum atomic E-state index is -4.42. The predicted molar refractivity (Wildman–Crippen MR) is 127 cm³/mol. The number of nitrogens with one attached hydrogen (secondary N) is 1. The number of hydrogen-bond donors (Lipinski definition) is 1. The quantitative estimate of drug-likeness (QED) is 0.673. The Labute approximate surface area is 201 Å². The molecule has 0 bridgehead atoms. The third kappa shape index (κ3) is 4.42. The van der Waals surface area contributed by atoms with Gasteiger partial charge in [-0.2, -0.15) is 18.2 Å². The van der Waals surface area contributed by atoms with Crippen LogP contribution >= 0.6 is 0 Å². The lowest BCUT2D eigenvalue weighted by molar-refractivity contribution is -0.138. The van der Waals surface area contributed by atoms with Crippen molar-refractivity contribution in [2.45, 2.75) is 38.6 Å². The zero-order chi connectivity index (χ0) is 24.7. The average Bonchev–Trinajstić information content (AvgIpc) is 3.50. The predicted octanol–water partition coefficient (Wildman–Crippen LogP) is 4.48. The Morgan fingerprint density at radius 2 is 2.06 bits per heavy atom. The highest BCUT2D eigenvalue weighted by atomic mass is 19.4. The van der Waals surface area contributed by atoms with Crippen molar-refractivity contribution in [1.82, 2.24) is 5.32 Å². The molecule has 3 heterocycles. The third-order valence-electron chi connectivity index (χ3n) is 6.54. The van der Waals surface area contributed by atoms with Crippen molar-refractivity contribution >= 4 is 17.5 Å². The molecule has 0 saturated carbocycles. The number of aliphatic imine (C=N–C) groups is 2. The lowest BCUT2D eigenvalue weighted by Gasteiger charge is -2.30. The van der Waals surface area contributed by atoms with Gasteiger partial charge < -0.3 is 24.4 Å². The van der Waals surface area contributed by atoms with Crippen LogP contribution in [0.25, 0.3) is 0 Å². The van der Waals surface area contributed by atoms with Gasteiger partial charge in [-0.05, 0) is 37.1 Å². The summed E-state index contributed by atoms with van der Waals surface area (Å²) in [6.07, 6.45) is -3.70. The Morgan fingerprint density at radius 3 is 2.77 bits per heavy atom. The first-order chi connectivity index (χ1) is 16.8. The summed E-state index contributed by atoms with van der Waals surface area (Å²) in [5.41, 5.74) is 1.74. The molecule has 0 amide bonds. The maximum absolute atomic E-state index is 13.5. The maximum Gasteiger partial charge on any atom is 0.416 e. The number of alkyl halides is 3. The van der Waals surface area contributed by atoms with Crippen molar-refractivity contribution < 1.29 is 27.4 Å². The molecule has 10 heteroatoms. The molecule has 1 fully saturated rings. The van der Waals surface area contributed by atoms with Gasteiger partial charge in [0.1, 0.15) is 11.9 Å². The number of hydrogen-bond acceptors (Lipinski definition) is 7. The van der Waals surface area contributed by atoms with Crippen LogP contribution in [0.4, 0.5) is 18.9 Å². The van der Waals surface area contributed by atoms with Crippen molar-refractivity contribution in [3.05, 3.63) is 52.6 Å². The Bertz CT molecular complexity index is 1190. The first kappa shape index (κ1) is 23.5. The molecule has 5 rings (SSSR count). The van der Waals surface area contributed by atoms with Crippen LogP contribution in [0, 0.1) is 6.92 Å². The van der Waals surface area contributed by atoms with Crippen LogP contribution in [-0.4, -0.2) is 51.3 Å². The molecule has 2 aromatic rings. The van der Waals surface area contributed by atoms with E-state index >= 15 is 0 Å². The van der Waals surface area contributed by atoms with Gasteiger partial charge in [0.25, 0.3) is 0 Å². The van der Waals surface area contributed by atoms with Crippen LogP contribution < -0.4 is 19.7 Å². The molecule has 2 atom stereocenters. The van der Waals surface area contributed by atoms with E-state index in [0.717, 1.165) is 23.7 Å². The van der Waals surface area contributed by atoms with E-state index in [4.69, 9.17) is 19.2 Å². The lowest BCUT2D eigenvalue weighted by atomic mass is 9.96. The molecule has 0 unspecified atom stereocenters. The fraction of sp³-hybridized carbons (Fsp3) is 0.440. The number of anilines is 1. The molecule has 3 aliphatic heterocycles. The first-order valence-electron chi connectivity index (χ1n) is 11.6. The topological polar surface area (TPSA) is 67.7 Å². The van der Waals surface area contributed by atoms with E-state index in [2.05, 4.69) is 10.3 Å². The van der Waals surface area contributed by atoms with Crippen molar-refractivity contribution in [2.75, 3.05) is 38.3 Å². The summed E-state index contributed by atoms with van der Waals surface area (Å²) in [7, 11) is 1.59. The van der Waals surface area contributed by atoms with E-state index in [9.17, 15) is 13.2 Å². The summed E-state index contributed by atoms with van der Waals surface area (Å²) >= 11 is 0. The monoisotopic (exact) mass is 488 g/mol. The summed E-state index contributed by atoms with van der Waals surface area (Å²) in [6.45, 7) is 5.76. The number of fused-ring (bicyclic) bond motifs is 3. The van der Waals surface area contributed by atoms with Gasteiger partial charge in [-0.3, -0.25) is 0 Å². The van der Waals surface area contributed by atoms with Crippen LogP contribution in [0.3, 0.4) is 0 Å². The minimum absolute atomic E-state index is 0.0746. The lowest BCUT2D eigenvalue weighted by Crippen LogP contribution is -2.38. The number of methoxy groups -OCH3 is 1. The molecule has 0 radical (unpaired) electrons. The van der Waals surface area contributed by atoms with Gasteiger partial charge >= 0.3 is 6.18 Å². The first-order valence-corrected chi connectivity index (χ1v) is 11.6. The van der Waals surface area contributed by atoms with Crippen molar-refractivity contribution in [1.29, 1.82) is 0 Å². The number of nitrogens with zero attached hydrogens (tertiary/aromatic N) is 3. The molecule has 7 nitrogen and oxygen atoms in total. The van der Waals surface area contributed by atoms with Crippen LogP contribution in [0.15, 0.2) is 40.3 Å². The van der Waals surface area contributed by atoms with Crippen molar-refractivity contribution in [3.8, 4) is 11.5 Å². The Hall–Kier alpha value is -3.27. The van der Waals surface area contributed by atoms with Gasteiger partial charge in [-0.15, -0.1) is 0 Å². The zero-order valence-electron chi connectivity index (χ0n) is 19.8. The molecule has 2 aromatic carbocycles. The summed E-state index contributed by atoms with van der Waals surface area (Å²) in [5, 5.41) is 3.34. The van der Waals surface area contributed by atoms with Crippen molar-refractivity contribution in [3.63, 3.8) is 0 Å². The highest BCUT2D eigenvalue weighted by molar-refractivity contribution is 6.19. The van der Waals surface area contributed by atoms with Crippen LogP contribution in [0.5, 0.6) is 11.5 Å². The number of halogens is 3. The molecule has 35 heavy (non-hydrogen) atoms. The normalized spacial score (nSPS) is 20.1. The molecular weight excluding hydrogens is 461 g/mol. The summed E-state index contributed by atoms with van der Waals surface area (Å²) in [5.74, 6) is 2.24. The van der Waals surface area contributed by atoms with Gasteiger partial charge in [-0.25, -0.2) is 4.99 Å². The number of guanidine groups is 1. The molecule has 186 valence electrons. The van der Waals surface area contributed by atoms with Gasteiger partial charge in [0.15, 0.2) is 11.5 Å². The minimum Gasteiger partial charge on any atom is -0.493 e. The van der Waals surface area contributed by atoms with Crippen LogP contribution in [-0.2, 0) is 10.9 Å². The average molecular weight is 489 g/mol. The van der Waals surface area contributed by atoms with Crippen LogP contribution in [0.1, 0.15) is 41.6 Å². The zero-order valence-corrected chi connectivity index (χ0v) is 19.8. The fourth-order valence-electron chi connectivity index (χ4n) is 4.74. The second-order valence-electron chi connectivity index (χ2n) is 8.80. The largest absolute Gasteiger partial charge is 0.493 e. The summed E-state index contributed by atoms with van der Waals surface area (Å²) < 4.78 is 57.7. The van der Waals surface area contributed by atoms with Gasteiger partial charge in [-0.1, -0.05) is 12.1 Å². The fourth-order valence-corrected chi connectivity index (χ4v) is 4.74. The second kappa shape index (κ2) is 9.07. The summed E-state index contributed by atoms with van der Waals surface area (Å²) in [6, 6.07) is 7.58. The van der Waals surface area contributed by atoms with Crippen molar-refractivity contribution in [2.24, 2.45) is 9.98 Å². The van der Waals surface area contributed by atoms with E-state index in [0.29, 0.717) is 55.2 Å².